The zero-order valence-electron chi connectivity index (χ0n) is 13.2. The van der Waals surface area contributed by atoms with Crippen LogP contribution < -0.4 is 14.9 Å². The van der Waals surface area contributed by atoms with Crippen molar-refractivity contribution in [2.24, 2.45) is 0 Å². The number of nitrogens with zero attached hydrogens (tertiary/aromatic N) is 1. The molecule has 26 heavy (non-hydrogen) atoms. The summed E-state index contributed by atoms with van der Waals surface area (Å²) in [5.74, 6) is -3.28. The van der Waals surface area contributed by atoms with Gasteiger partial charge in [-0.25, -0.2) is 0 Å². The number of thiocarbonyl (C=S) groups is 1. The van der Waals surface area contributed by atoms with E-state index in [0.29, 0.717) is 5.57 Å². The number of benzene rings is 1. The highest BCUT2D eigenvalue weighted by Crippen LogP contribution is 2.35. The quantitative estimate of drug-likeness (QED) is 0.488. The lowest BCUT2D eigenvalue weighted by Gasteiger charge is -2.27. The molecule has 2 aliphatic rings. The summed E-state index contributed by atoms with van der Waals surface area (Å²) in [5.41, 5.74) is 1.55. The lowest BCUT2D eigenvalue weighted by molar-refractivity contribution is -0.319. The molecule has 1 fully saturated rings. The largest absolute Gasteiger partial charge is 0.550 e. The van der Waals surface area contributed by atoms with Gasteiger partial charge in [0.05, 0.1) is 16.9 Å². The molecular weight excluding hydrogens is 378 g/mol. The van der Waals surface area contributed by atoms with Crippen molar-refractivity contribution in [3.05, 3.63) is 46.4 Å². The van der Waals surface area contributed by atoms with Crippen molar-refractivity contribution < 1.29 is 29.3 Å². The maximum Gasteiger partial charge on any atom is 0.266 e. The van der Waals surface area contributed by atoms with Crippen LogP contribution in [0.3, 0.4) is 0 Å². The van der Waals surface area contributed by atoms with E-state index in [0.717, 1.165) is 28.0 Å². The number of hydrogen-bond donors (Lipinski definition) is 0. The number of amides is 1. The number of carboxylic acids is 2. The first-order valence-electron chi connectivity index (χ1n) is 7.47. The van der Waals surface area contributed by atoms with E-state index in [9.17, 15) is 24.6 Å². The van der Waals surface area contributed by atoms with E-state index < -0.39 is 30.3 Å². The summed E-state index contributed by atoms with van der Waals surface area (Å²) in [6.07, 6.45) is 2.50. The summed E-state index contributed by atoms with van der Waals surface area (Å²) in [5, 5.41) is 22.0. The maximum absolute atomic E-state index is 12.5. The van der Waals surface area contributed by atoms with Gasteiger partial charge in [0, 0.05) is 18.0 Å². The summed E-state index contributed by atoms with van der Waals surface area (Å²) in [6, 6.07) is 5.67. The van der Waals surface area contributed by atoms with Crippen molar-refractivity contribution in [1.82, 2.24) is 4.90 Å². The molecule has 134 valence electrons. The number of thioether (sulfide) groups is 1. The van der Waals surface area contributed by atoms with Crippen LogP contribution in [-0.4, -0.2) is 39.7 Å². The second kappa shape index (κ2) is 7.30. The van der Waals surface area contributed by atoms with E-state index in [1.807, 2.05) is 30.3 Å². The highest BCUT2D eigenvalue weighted by atomic mass is 32.2. The zero-order valence-corrected chi connectivity index (χ0v) is 14.8. The Labute approximate surface area is 157 Å². The number of carbonyl (C=O) groups excluding carboxylic acids is 3. The SMILES string of the molecule is O=C([O-])C[C@@H](C(=O)[O-])N1C(=O)/C(=C/C2=Cc3ccccc3OC2)SC1=S. The van der Waals surface area contributed by atoms with Crippen molar-refractivity contribution >= 4 is 52.2 Å². The van der Waals surface area contributed by atoms with E-state index in [4.69, 9.17) is 17.0 Å². The fraction of sp³-hybridized carbons (Fsp3) is 0.176. The van der Waals surface area contributed by atoms with Crippen LogP contribution in [0.25, 0.3) is 6.08 Å². The van der Waals surface area contributed by atoms with Gasteiger partial charge in [-0.3, -0.25) is 9.69 Å². The minimum Gasteiger partial charge on any atom is -0.550 e. The molecule has 0 N–H and O–H groups in total. The number of fused-ring (bicyclic) bond motifs is 1. The Bertz CT molecular complexity index is 876. The van der Waals surface area contributed by atoms with Gasteiger partial charge in [-0.05, 0) is 23.8 Å². The van der Waals surface area contributed by atoms with Gasteiger partial charge in [-0.15, -0.1) is 0 Å². The number of ether oxygens (including phenoxy) is 1. The van der Waals surface area contributed by atoms with Gasteiger partial charge in [0.1, 0.15) is 16.7 Å². The predicted octanol–water partition coefficient (Wildman–Crippen LogP) is -0.535. The number of rotatable bonds is 5. The number of para-hydroxylation sites is 1. The number of aliphatic carboxylic acids is 2. The highest BCUT2D eigenvalue weighted by molar-refractivity contribution is 8.26. The molecule has 0 radical (unpaired) electrons. The maximum atomic E-state index is 12.5. The Morgan fingerprint density at radius 2 is 2.08 bits per heavy atom. The summed E-state index contributed by atoms with van der Waals surface area (Å²) < 4.78 is 5.56. The van der Waals surface area contributed by atoms with Gasteiger partial charge < -0.3 is 24.5 Å². The molecule has 0 spiro atoms. The highest BCUT2D eigenvalue weighted by Gasteiger charge is 2.38. The van der Waals surface area contributed by atoms with Crippen LogP contribution in [0, 0.1) is 0 Å². The van der Waals surface area contributed by atoms with Gasteiger partial charge in [0.25, 0.3) is 5.91 Å². The average molecular weight is 389 g/mol. The fourth-order valence-electron chi connectivity index (χ4n) is 2.57. The number of carbonyl (C=O) groups is 3. The van der Waals surface area contributed by atoms with Crippen LogP contribution >= 0.6 is 24.0 Å². The second-order valence-corrected chi connectivity index (χ2v) is 7.18. The summed E-state index contributed by atoms with van der Waals surface area (Å²) in [6.45, 7) is 0.240. The number of hydrogen-bond acceptors (Lipinski definition) is 8. The van der Waals surface area contributed by atoms with Gasteiger partial charge in [-0.2, -0.15) is 0 Å². The minimum absolute atomic E-state index is 0.0468. The van der Waals surface area contributed by atoms with Crippen molar-refractivity contribution in [3.8, 4) is 5.75 Å². The van der Waals surface area contributed by atoms with E-state index in [2.05, 4.69) is 0 Å². The first-order chi connectivity index (χ1) is 12.4. The average Bonchev–Trinajstić information content (AvgIpc) is 2.86. The molecule has 3 rings (SSSR count). The molecule has 0 unspecified atom stereocenters. The van der Waals surface area contributed by atoms with Crippen molar-refractivity contribution in [2.75, 3.05) is 6.61 Å². The Hall–Kier alpha value is -2.65. The lowest BCUT2D eigenvalue weighted by Crippen LogP contribution is -2.52. The topological polar surface area (TPSA) is 110 Å². The molecule has 7 nitrogen and oxygen atoms in total. The first-order valence-corrected chi connectivity index (χ1v) is 8.69. The smallest absolute Gasteiger partial charge is 0.266 e. The van der Waals surface area contributed by atoms with E-state index in [1.54, 1.807) is 6.08 Å². The van der Waals surface area contributed by atoms with Gasteiger partial charge in [-0.1, -0.05) is 42.2 Å². The zero-order chi connectivity index (χ0) is 18.8. The fourth-order valence-corrected chi connectivity index (χ4v) is 3.94. The Kier molecular flexibility index (Phi) is 5.10. The molecule has 9 heteroatoms. The van der Waals surface area contributed by atoms with E-state index in [1.165, 1.54) is 0 Å². The van der Waals surface area contributed by atoms with Gasteiger partial charge in [0.2, 0.25) is 0 Å². The monoisotopic (exact) mass is 389 g/mol. The van der Waals surface area contributed by atoms with Crippen molar-refractivity contribution in [1.29, 1.82) is 0 Å². The first kappa shape index (κ1) is 18.2. The molecule has 1 amide bonds. The lowest BCUT2D eigenvalue weighted by atomic mass is 10.1. The van der Waals surface area contributed by atoms with Crippen LogP contribution in [-0.2, 0) is 14.4 Å². The Morgan fingerprint density at radius 3 is 2.77 bits per heavy atom. The molecule has 0 aliphatic carbocycles. The van der Waals surface area contributed by atoms with Gasteiger partial charge >= 0.3 is 0 Å². The molecule has 0 saturated carbocycles. The summed E-state index contributed by atoms with van der Waals surface area (Å²) >= 11 is 5.94. The Balaban J connectivity index is 1.87. The third kappa shape index (κ3) is 3.63. The molecule has 1 saturated heterocycles. The minimum atomic E-state index is -1.71. The molecule has 2 aliphatic heterocycles. The number of carboxylic acid groups (broad SMARTS) is 2. The van der Waals surface area contributed by atoms with Crippen molar-refractivity contribution in [3.63, 3.8) is 0 Å². The molecule has 2 heterocycles. The standard InChI is InChI=1S/C17H13NO6S2/c19-14(20)7-11(16(22)23)18-15(21)13(26-17(18)25)6-9-5-10-3-1-2-4-12(10)24-8-9/h1-6,11H,7-8H2,(H,19,20)(H,22,23)/p-2/b13-6-/t11-/m0/s1. The van der Waals surface area contributed by atoms with E-state index >= 15 is 0 Å². The second-order valence-electron chi connectivity index (χ2n) is 5.51. The van der Waals surface area contributed by atoms with Crippen molar-refractivity contribution in [2.45, 2.75) is 12.5 Å². The molecule has 1 aromatic carbocycles. The van der Waals surface area contributed by atoms with Gasteiger partial charge in [0.15, 0.2) is 0 Å². The van der Waals surface area contributed by atoms with Crippen LogP contribution in [0.4, 0.5) is 0 Å². The summed E-state index contributed by atoms with van der Waals surface area (Å²) in [4.78, 5) is 35.5. The third-order valence-corrected chi connectivity index (χ3v) is 5.07. The Morgan fingerprint density at radius 1 is 1.35 bits per heavy atom. The normalized spacial score (nSPS) is 19.0. The van der Waals surface area contributed by atoms with Crippen LogP contribution in [0.15, 0.2) is 40.8 Å². The molecule has 0 bridgehead atoms. The van der Waals surface area contributed by atoms with Crippen LogP contribution in [0.5, 0.6) is 5.75 Å². The van der Waals surface area contributed by atoms with Crippen LogP contribution in [0.2, 0.25) is 0 Å². The molecular formula is C17H11NO6S2-2. The van der Waals surface area contributed by atoms with E-state index in [-0.39, 0.29) is 15.8 Å². The van der Waals surface area contributed by atoms with Crippen LogP contribution in [0.1, 0.15) is 12.0 Å². The molecule has 1 aromatic rings. The summed E-state index contributed by atoms with van der Waals surface area (Å²) in [7, 11) is 0. The molecule has 1 atom stereocenters. The third-order valence-electron chi connectivity index (χ3n) is 3.74. The molecule has 0 aromatic heterocycles. The predicted molar refractivity (Wildman–Crippen MR) is 93.5 cm³/mol.